The molecule has 0 N–H and O–H groups in total. The zero-order valence-electron chi connectivity index (χ0n) is 15.3. The van der Waals surface area contributed by atoms with Gasteiger partial charge in [0, 0.05) is 0 Å². The molecule has 0 unspecified atom stereocenters. The fourth-order valence-electron chi connectivity index (χ4n) is 3.61. The Labute approximate surface area is 136 Å². The Morgan fingerprint density at radius 1 is 0.591 bits per heavy atom. The van der Waals surface area contributed by atoms with Gasteiger partial charge in [-0.3, -0.25) is 0 Å². The number of rotatable bonds is 6. The third-order valence-electron chi connectivity index (χ3n) is 6.35. The first kappa shape index (κ1) is 17.1. The van der Waals surface area contributed by atoms with E-state index in [0.717, 1.165) is 0 Å². The van der Waals surface area contributed by atoms with Gasteiger partial charge in [0.1, 0.15) is 0 Å². The van der Waals surface area contributed by atoms with Crippen LogP contribution in [0.15, 0.2) is 36.4 Å². The topological polar surface area (TPSA) is 0 Å². The molecule has 0 heterocycles. The van der Waals surface area contributed by atoms with Crippen LogP contribution in [0.25, 0.3) is 10.8 Å². The van der Waals surface area contributed by atoms with Gasteiger partial charge in [0.05, 0.1) is 0 Å². The van der Waals surface area contributed by atoms with E-state index in [1.807, 2.05) is 0 Å². The molecular formula is C22H32. The molecule has 0 atom stereocenters. The van der Waals surface area contributed by atoms with E-state index < -0.39 is 0 Å². The first-order chi connectivity index (χ1) is 10.5. The predicted octanol–water partition coefficient (Wildman–Crippen LogP) is 7.00. The largest absolute Gasteiger partial charge is 0.0645 e. The van der Waals surface area contributed by atoms with Gasteiger partial charge < -0.3 is 0 Å². The summed E-state index contributed by atoms with van der Waals surface area (Å²) in [5.74, 6) is 0. The Morgan fingerprint density at radius 3 is 1.18 bits per heavy atom. The number of fused-ring (bicyclic) bond motifs is 1. The molecule has 0 spiro atoms. The molecule has 0 aliphatic rings. The Hall–Kier alpha value is -1.30. The van der Waals surface area contributed by atoms with Crippen molar-refractivity contribution in [2.45, 2.75) is 78.1 Å². The number of benzene rings is 2. The minimum Gasteiger partial charge on any atom is -0.0645 e. The highest BCUT2D eigenvalue weighted by Crippen LogP contribution is 2.41. The van der Waals surface area contributed by atoms with Crippen molar-refractivity contribution in [3.63, 3.8) is 0 Å². The van der Waals surface area contributed by atoms with Gasteiger partial charge in [-0.1, -0.05) is 77.9 Å². The second-order valence-corrected chi connectivity index (χ2v) is 7.24. The summed E-state index contributed by atoms with van der Waals surface area (Å²) in [5, 5.41) is 2.92. The van der Waals surface area contributed by atoms with Crippen molar-refractivity contribution < 1.29 is 0 Å². The normalized spacial score (nSPS) is 12.8. The van der Waals surface area contributed by atoms with Gasteiger partial charge in [-0.2, -0.15) is 0 Å². The van der Waals surface area contributed by atoms with Crippen LogP contribution in [0.1, 0.15) is 78.4 Å². The van der Waals surface area contributed by atoms with Crippen LogP contribution in [0, 0.1) is 0 Å². The van der Waals surface area contributed by atoms with Crippen LogP contribution in [-0.2, 0) is 10.8 Å². The summed E-state index contributed by atoms with van der Waals surface area (Å²) in [4.78, 5) is 0. The minimum absolute atomic E-state index is 0.271. The maximum atomic E-state index is 2.41. The van der Waals surface area contributed by atoms with Crippen LogP contribution >= 0.6 is 0 Å². The third kappa shape index (κ3) is 2.69. The molecule has 0 aliphatic heterocycles. The van der Waals surface area contributed by atoms with E-state index >= 15 is 0 Å². The summed E-state index contributed by atoms with van der Waals surface area (Å²) in [6.07, 6.45) is 4.74. The maximum Gasteiger partial charge on any atom is -0.00743 e. The van der Waals surface area contributed by atoms with E-state index in [4.69, 9.17) is 0 Å². The zero-order chi connectivity index (χ0) is 16.4. The smallest absolute Gasteiger partial charge is 0.00743 e. The van der Waals surface area contributed by atoms with Gasteiger partial charge >= 0.3 is 0 Å². The maximum absolute atomic E-state index is 2.41. The molecule has 0 radical (unpaired) electrons. The molecule has 120 valence electrons. The molecule has 0 nitrogen and oxygen atoms in total. The Balaban J connectivity index is 2.78. The molecular weight excluding hydrogens is 264 g/mol. The highest BCUT2D eigenvalue weighted by molar-refractivity contribution is 5.90. The molecule has 22 heavy (non-hydrogen) atoms. The van der Waals surface area contributed by atoms with Gasteiger partial charge in [0.25, 0.3) is 0 Å². The van der Waals surface area contributed by atoms with Gasteiger partial charge in [0.15, 0.2) is 0 Å². The number of hydrogen-bond donors (Lipinski definition) is 0. The quantitative estimate of drug-likeness (QED) is 0.538. The molecule has 0 bridgehead atoms. The molecule has 2 aromatic rings. The van der Waals surface area contributed by atoms with E-state index in [9.17, 15) is 0 Å². The average molecular weight is 296 g/mol. The molecule has 0 aromatic heterocycles. The fraction of sp³-hybridized carbons (Fsp3) is 0.545. The summed E-state index contributed by atoms with van der Waals surface area (Å²) >= 11 is 0. The van der Waals surface area contributed by atoms with E-state index in [1.54, 1.807) is 0 Å². The van der Waals surface area contributed by atoms with Crippen molar-refractivity contribution in [1.29, 1.82) is 0 Å². The van der Waals surface area contributed by atoms with Crippen molar-refractivity contribution in [2.24, 2.45) is 0 Å². The zero-order valence-corrected chi connectivity index (χ0v) is 15.3. The van der Waals surface area contributed by atoms with Crippen molar-refractivity contribution >= 4 is 10.8 Å². The average Bonchev–Trinajstić information content (AvgIpc) is 2.59. The first-order valence-electron chi connectivity index (χ1n) is 8.98. The lowest BCUT2D eigenvalue weighted by Gasteiger charge is -2.33. The summed E-state index contributed by atoms with van der Waals surface area (Å²) in [6.45, 7) is 14.1. The van der Waals surface area contributed by atoms with Gasteiger partial charge in [-0.15, -0.1) is 0 Å². The Bertz CT molecular complexity index is 571. The van der Waals surface area contributed by atoms with Crippen molar-refractivity contribution in [2.75, 3.05) is 0 Å². The Kier molecular flexibility index (Phi) is 5.00. The molecule has 0 saturated carbocycles. The molecule has 2 aromatic carbocycles. The van der Waals surface area contributed by atoms with Gasteiger partial charge in [0.2, 0.25) is 0 Å². The van der Waals surface area contributed by atoms with E-state index in [2.05, 4.69) is 77.9 Å². The highest BCUT2D eigenvalue weighted by Gasteiger charge is 2.28. The predicted molar refractivity (Wildman–Crippen MR) is 99.8 cm³/mol. The molecule has 0 aliphatic carbocycles. The SMILES string of the molecule is CCC(C)(CC)c1ccc(C(C)(CC)CC)c2ccccc12. The van der Waals surface area contributed by atoms with E-state index in [0.29, 0.717) is 0 Å². The summed E-state index contributed by atoms with van der Waals surface area (Å²) < 4.78 is 0. The molecule has 0 fully saturated rings. The minimum atomic E-state index is 0.271. The summed E-state index contributed by atoms with van der Waals surface area (Å²) in [7, 11) is 0. The number of hydrogen-bond acceptors (Lipinski definition) is 0. The van der Waals surface area contributed by atoms with E-state index in [-0.39, 0.29) is 10.8 Å². The van der Waals surface area contributed by atoms with Gasteiger partial charge in [-0.05, 0) is 58.4 Å². The van der Waals surface area contributed by atoms with Gasteiger partial charge in [-0.25, -0.2) is 0 Å². The van der Waals surface area contributed by atoms with Crippen molar-refractivity contribution in [3.05, 3.63) is 47.5 Å². The van der Waals surface area contributed by atoms with Crippen LogP contribution in [0.5, 0.6) is 0 Å². The lowest BCUT2D eigenvalue weighted by Crippen LogP contribution is -2.23. The monoisotopic (exact) mass is 296 g/mol. The Morgan fingerprint density at radius 2 is 0.909 bits per heavy atom. The second kappa shape index (κ2) is 6.44. The van der Waals surface area contributed by atoms with Crippen LogP contribution in [0.2, 0.25) is 0 Å². The second-order valence-electron chi connectivity index (χ2n) is 7.24. The van der Waals surface area contributed by atoms with Crippen LogP contribution in [0.4, 0.5) is 0 Å². The molecule has 0 amide bonds. The lowest BCUT2D eigenvalue weighted by atomic mass is 9.71. The van der Waals surface area contributed by atoms with Crippen LogP contribution in [0.3, 0.4) is 0 Å². The summed E-state index contributed by atoms with van der Waals surface area (Å²) in [5.41, 5.74) is 3.58. The summed E-state index contributed by atoms with van der Waals surface area (Å²) in [6, 6.07) is 13.8. The molecule has 0 saturated heterocycles. The molecule has 2 rings (SSSR count). The fourth-order valence-corrected chi connectivity index (χ4v) is 3.61. The van der Waals surface area contributed by atoms with Crippen LogP contribution < -0.4 is 0 Å². The van der Waals surface area contributed by atoms with Crippen LogP contribution in [-0.4, -0.2) is 0 Å². The highest BCUT2D eigenvalue weighted by atomic mass is 14.3. The van der Waals surface area contributed by atoms with E-state index in [1.165, 1.54) is 47.6 Å². The third-order valence-corrected chi connectivity index (χ3v) is 6.35. The first-order valence-corrected chi connectivity index (χ1v) is 8.98. The van der Waals surface area contributed by atoms with Crippen molar-refractivity contribution in [3.8, 4) is 0 Å². The molecule has 0 heteroatoms. The lowest BCUT2D eigenvalue weighted by molar-refractivity contribution is 0.436. The van der Waals surface area contributed by atoms with Crippen molar-refractivity contribution in [1.82, 2.24) is 0 Å². The standard InChI is InChI=1S/C22H32/c1-7-21(5,8-2)19-15-16-20(22(6,9-3)10-4)18-14-12-11-13-17(18)19/h11-16H,7-10H2,1-6H3.